The fraction of sp³-hybridized carbons (Fsp3) is 0.304. The monoisotopic (exact) mass is 439 g/mol. The Bertz CT molecular complexity index is 1300. The number of ether oxygens (including phenoxy) is 2. The van der Waals surface area contributed by atoms with Crippen LogP contribution in [0.1, 0.15) is 23.2 Å². The number of aromatic carboxylic acids is 1. The van der Waals surface area contributed by atoms with Crippen molar-refractivity contribution in [2.24, 2.45) is 0 Å². The summed E-state index contributed by atoms with van der Waals surface area (Å²) in [4.78, 5) is 26.8. The van der Waals surface area contributed by atoms with Gasteiger partial charge in [-0.1, -0.05) is 0 Å². The van der Waals surface area contributed by atoms with E-state index < -0.39 is 22.8 Å². The lowest BCUT2D eigenvalue weighted by Crippen LogP contribution is -2.26. The molecule has 3 heterocycles. The molecule has 2 aromatic carbocycles. The molecule has 3 aromatic rings. The molecule has 0 amide bonds. The summed E-state index contributed by atoms with van der Waals surface area (Å²) < 4.78 is 28.1. The molecule has 8 nitrogen and oxygen atoms in total. The number of carbonyl (C=O) groups is 1. The van der Waals surface area contributed by atoms with Gasteiger partial charge in [0.05, 0.1) is 18.2 Å². The maximum absolute atomic E-state index is 15.2. The molecule has 0 bridgehead atoms. The third kappa shape index (κ3) is 3.25. The fourth-order valence-electron chi connectivity index (χ4n) is 4.39. The molecule has 2 N–H and O–H groups in total. The van der Waals surface area contributed by atoms with Gasteiger partial charge in [-0.05, 0) is 44.1 Å². The molecule has 0 saturated carbocycles. The highest BCUT2D eigenvalue weighted by atomic mass is 19.1. The van der Waals surface area contributed by atoms with Crippen LogP contribution in [0.2, 0.25) is 0 Å². The normalized spacial score (nSPS) is 14.8. The third-order valence-corrected chi connectivity index (χ3v) is 5.99. The summed E-state index contributed by atoms with van der Waals surface area (Å²) in [5.74, 6) is -1.01. The quantitative estimate of drug-likeness (QED) is 0.475. The molecule has 1 fully saturated rings. The van der Waals surface area contributed by atoms with E-state index in [0.29, 0.717) is 29.2 Å². The number of likely N-dealkylation sites (tertiary alicyclic amines) is 1. The van der Waals surface area contributed by atoms with Gasteiger partial charge >= 0.3 is 5.97 Å². The molecule has 0 atom stereocenters. The summed E-state index contributed by atoms with van der Waals surface area (Å²) in [6.07, 6.45) is 3.58. The van der Waals surface area contributed by atoms with Crippen LogP contribution in [0, 0.1) is 5.82 Å². The van der Waals surface area contributed by atoms with Gasteiger partial charge in [0.25, 0.3) is 0 Å². The number of carboxylic acid groups (broad SMARTS) is 1. The van der Waals surface area contributed by atoms with Crippen molar-refractivity contribution in [3.05, 3.63) is 52.1 Å². The van der Waals surface area contributed by atoms with Gasteiger partial charge in [0, 0.05) is 25.4 Å². The summed E-state index contributed by atoms with van der Waals surface area (Å²) >= 11 is 0. The van der Waals surface area contributed by atoms with Crippen LogP contribution in [0.3, 0.4) is 0 Å². The highest BCUT2D eigenvalue weighted by Gasteiger charge is 2.28. The number of hydrogen-bond acceptors (Lipinski definition) is 6. The third-order valence-electron chi connectivity index (χ3n) is 5.99. The van der Waals surface area contributed by atoms with Gasteiger partial charge in [-0.25, -0.2) is 9.18 Å². The highest BCUT2D eigenvalue weighted by molar-refractivity contribution is 5.98. The topological polar surface area (TPSA) is 93.0 Å². The van der Waals surface area contributed by atoms with E-state index in [2.05, 4.69) is 10.2 Å². The van der Waals surface area contributed by atoms with E-state index >= 15 is 4.39 Å². The lowest BCUT2D eigenvalue weighted by molar-refractivity contribution is 0.0695. The van der Waals surface area contributed by atoms with Crippen LogP contribution in [0.4, 0.5) is 10.1 Å². The van der Waals surface area contributed by atoms with Gasteiger partial charge in [0.2, 0.25) is 5.43 Å². The number of anilines is 1. The van der Waals surface area contributed by atoms with E-state index in [1.54, 1.807) is 22.8 Å². The van der Waals surface area contributed by atoms with Crippen LogP contribution in [0.15, 0.2) is 35.3 Å². The van der Waals surface area contributed by atoms with Crippen LogP contribution < -0.4 is 20.2 Å². The summed E-state index contributed by atoms with van der Waals surface area (Å²) in [5.41, 5.74) is -0.209. The van der Waals surface area contributed by atoms with Crippen molar-refractivity contribution in [1.29, 1.82) is 0 Å². The van der Waals surface area contributed by atoms with Crippen molar-refractivity contribution in [2.75, 3.05) is 38.6 Å². The number of nitrogens with one attached hydrogen (secondary N) is 1. The fourth-order valence-corrected chi connectivity index (χ4v) is 4.39. The van der Waals surface area contributed by atoms with Gasteiger partial charge in [-0.2, -0.15) is 0 Å². The Balaban J connectivity index is 1.68. The SMILES string of the molecule is COc1ccc2c(c1)Oc1c(NCCN3CCCC3)c(F)cc3c(=O)c(C(=O)O)cn-2c13. The van der Waals surface area contributed by atoms with Gasteiger partial charge in [0.1, 0.15) is 22.5 Å². The molecule has 9 heteroatoms. The predicted molar refractivity (Wildman–Crippen MR) is 117 cm³/mol. The van der Waals surface area contributed by atoms with Crippen molar-refractivity contribution in [3.8, 4) is 22.9 Å². The number of rotatable bonds is 6. The zero-order valence-electron chi connectivity index (χ0n) is 17.5. The molecule has 0 radical (unpaired) electrons. The average molecular weight is 439 g/mol. The first-order valence-corrected chi connectivity index (χ1v) is 10.5. The Labute approximate surface area is 182 Å². The minimum Gasteiger partial charge on any atom is -0.497 e. The highest BCUT2D eigenvalue weighted by Crippen LogP contribution is 2.46. The number of nitrogens with zero attached hydrogens (tertiary/aromatic N) is 2. The molecule has 166 valence electrons. The van der Waals surface area contributed by atoms with E-state index in [-0.39, 0.29) is 16.8 Å². The molecule has 2 aliphatic rings. The average Bonchev–Trinajstić information content (AvgIpc) is 3.30. The number of hydrogen-bond donors (Lipinski definition) is 2. The second-order valence-corrected chi connectivity index (χ2v) is 7.92. The Morgan fingerprint density at radius 2 is 2.06 bits per heavy atom. The molecule has 1 aromatic heterocycles. The van der Waals surface area contributed by atoms with Crippen molar-refractivity contribution in [3.63, 3.8) is 0 Å². The number of carboxylic acids is 1. The van der Waals surface area contributed by atoms with E-state index in [9.17, 15) is 14.7 Å². The second-order valence-electron chi connectivity index (χ2n) is 7.92. The van der Waals surface area contributed by atoms with Crippen LogP contribution >= 0.6 is 0 Å². The summed E-state index contributed by atoms with van der Waals surface area (Å²) in [6.45, 7) is 3.30. The summed E-state index contributed by atoms with van der Waals surface area (Å²) in [5, 5.41) is 12.6. The van der Waals surface area contributed by atoms with Crippen LogP contribution in [-0.2, 0) is 0 Å². The minimum atomic E-state index is -1.38. The first-order valence-electron chi connectivity index (χ1n) is 10.5. The van der Waals surface area contributed by atoms with Gasteiger partial charge < -0.3 is 29.4 Å². The van der Waals surface area contributed by atoms with E-state index in [1.165, 1.54) is 13.3 Å². The molecule has 0 unspecified atom stereocenters. The maximum atomic E-state index is 15.2. The Morgan fingerprint density at radius 3 is 2.78 bits per heavy atom. The van der Waals surface area contributed by atoms with Crippen molar-refractivity contribution >= 4 is 22.6 Å². The van der Waals surface area contributed by atoms with Crippen LogP contribution in [-0.4, -0.2) is 53.8 Å². The first kappa shape index (κ1) is 20.3. The minimum absolute atomic E-state index is 0.0519. The molecular formula is C23H22FN3O5. The first-order chi connectivity index (χ1) is 15.5. The predicted octanol–water partition coefficient (Wildman–Crippen LogP) is 3.45. The number of fused-ring (bicyclic) bond motifs is 2. The summed E-state index contributed by atoms with van der Waals surface area (Å²) in [7, 11) is 1.52. The second kappa shape index (κ2) is 7.83. The van der Waals surface area contributed by atoms with Crippen molar-refractivity contribution in [1.82, 2.24) is 9.47 Å². The molecule has 2 aliphatic heterocycles. The van der Waals surface area contributed by atoms with Crippen LogP contribution in [0.5, 0.6) is 17.2 Å². The number of aromatic nitrogens is 1. The van der Waals surface area contributed by atoms with Crippen molar-refractivity contribution in [2.45, 2.75) is 12.8 Å². The molecule has 0 aliphatic carbocycles. The molecule has 0 spiro atoms. The van der Waals surface area contributed by atoms with Gasteiger partial charge in [0.15, 0.2) is 17.3 Å². The van der Waals surface area contributed by atoms with E-state index in [4.69, 9.17) is 9.47 Å². The largest absolute Gasteiger partial charge is 0.497 e. The van der Waals surface area contributed by atoms with Crippen molar-refractivity contribution < 1.29 is 23.8 Å². The van der Waals surface area contributed by atoms with E-state index in [1.807, 2.05) is 0 Å². The van der Waals surface area contributed by atoms with Crippen LogP contribution in [0.25, 0.3) is 16.6 Å². The van der Waals surface area contributed by atoms with Gasteiger partial charge in [-0.3, -0.25) is 4.79 Å². The maximum Gasteiger partial charge on any atom is 0.341 e. The molecule has 5 rings (SSSR count). The van der Waals surface area contributed by atoms with Gasteiger partial charge in [-0.15, -0.1) is 0 Å². The Morgan fingerprint density at radius 1 is 1.28 bits per heavy atom. The number of methoxy groups -OCH3 is 1. The number of pyridine rings is 1. The molecule has 32 heavy (non-hydrogen) atoms. The number of halogens is 1. The number of benzene rings is 2. The molecular weight excluding hydrogens is 417 g/mol. The Hall–Kier alpha value is -3.59. The molecule has 1 saturated heterocycles. The lowest BCUT2D eigenvalue weighted by Gasteiger charge is -2.26. The standard InChI is InChI=1S/C23H22FN3O5/c1-31-13-4-5-17-18(10-13)32-22-19(25-6-9-26-7-2-3-8-26)16(24)11-14-20(22)27(17)12-15(21(14)28)23(29)30/h4-5,10-12,25H,2-3,6-9H2,1H3,(H,29,30). The lowest BCUT2D eigenvalue weighted by atomic mass is 10.1. The van der Waals surface area contributed by atoms with E-state index in [0.717, 1.165) is 38.5 Å². The summed E-state index contributed by atoms with van der Waals surface area (Å²) in [6, 6.07) is 6.13. The zero-order valence-corrected chi connectivity index (χ0v) is 17.5. The Kier molecular flexibility index (Phi) is 4.97. The zero-order chi connectivity index (χ0) is 22.4. The smallest absolute Gasteiger partial charge is 0.341 e.